The molecule has 0 fully saturated rings. The van der Waals surface area contributed by atoms with Gasteiger partial charge in [0.1, 0.15) is 5.00 Å². The molecule has 0 saturated carbocycles. The fourth-order valence-electron chi connectivity index (χ4n) is 4.15. The summed E-state index contributed by atoms with van der Waals surface area (Å²) in [7, 11) is 0. The molecule has 3 heterocycles. The highest BCUT2D eigenvalue weighted by atomic mass is 35.5. The first kappa shape index (κ1) is 22.9. The summed E-state index contributed by atoms with van der Waals surface area (Å²) in [5.41, 5.74) is 8.66. The summed E-state index contributed by atoms with van der Waals surface area (Å²) in [6.45, 7) is 0.636. The lowest BCUT2D eigenvalue weighted by Crippen LogP contribution is -2.35. The molecule has 0 saturated heterocycles. The molecule has 1 aliphatic rings. The summed E-state index contributed by atoms with van der Waals surface area (Å²) in [6, 6.07) is 11.7. The van der Waals surface area contributed by atoms with Crippen molar-refractivity contribution in [3.63, 3.8) is 0 Å². The highest BCUT2D eigenvalue weighted by Gasteiger charge is 2.30. The molecule has 9 nitrogen and oxygen atoms in total. The Bertz CT molecular complexity index is 1540. The van der Waals surface area contributed by atoms with E-state index in [0.29, 0.717) is 39.7 Å². The maximum Gasteiger partial charge on any atom is 0.417 e. The largest absolute Gasteiger partial charge is 0.417 e. The van der Waals surface area contributed by atoms with Gasteiger partial charge in [-0.25, -0.2) is 4.79 Å². The van der Waals surface area contributed by atoms with Gasteiger partial charge in [0.15, 0.2) is 5.58 Å². The van der Waals surface area contributed by atoms with Crippen molar-refractivity contribution in [2.24, 2.45) is 5.73 Å². The number of nitrogens with one attached hydrogen (secondary N) is 2. The molecule has 0 radical (unpaired) electrons. The molecule has 3 amide bonds. The number of anilines is 1. The van der Waals surface area contributed by atoms with Crippen LogP contribution in [0, 0.1) is 0 Å². The Morgan fingerprint density at radius 3 is 2.69 bits per heavy atom. The second-order valence-electron chi connectivity index (χ2n) is 8.13. The molecule has 4 N–H and O–H groups in total. The zero-order valence-corrected chi connectivity index (χ0v) is 19.8. The standard InChI is InChI=1S/C24H19ClN4O5S/c25-14-4-1-12(2-5-14)9-19(30)28-22-20(21(26)31)15-7-8-29(11-18(15)35-22)23(32)13-3-6-16-17(10-13)34-24(33)27-16/h1-6,10H,7-9,11H2,(H2,26,31)(H,27,33)(H,28,30). The fourth-order valence-corrected chi connectivity index (χ4v) is 5.56. The van der Waals surface area contributed by atoms with E-state index in [1.54, 1.807) is 41.3 Å². The molecular weight excluding hydrogens is 492 g/mol. The zero-order valence-electron chi connectivity index (χ0n) is 18.2. The predicted octanol–water partition coefficient (Wildman–Crippen LogP) is 3.31. The summed E-state index contributed by atoms with van der Waals surface area (Å²) in [4.78, 5) is 54.4. The van der Waals surface area contributed by atoms with E-state index in [4.69, 9.17) is 21.8 Å². The van der Waals surface area contributed by atoms with E-state index in [1.807, 2.05) is 0 Å². The maximum atomic E-state index is 13.1. The topological polar surface area (TPSA) is 138 Å². The molecule has 0 atom stereocenters. The van der Waals surface area contributed by atoms with E-state index in [2.05, 4.69) is 10.3 Å². The monoisotopic (exact) mass is 510 g/mol. The Labute approximate surface area is 207 Å². The van der Waals surface area contributed by atoms with Crippen molar-refractivity contribution in [3.8, 4) is 0 Å². The van der Waals surface area contributed by atoms with Crippen molar-refractivity contribution < 1.29 is 18.8 Å². The van der Waals surface area contributed by atoms with Crippen molar-refractivity contribution in [2.75, 3.05) is 11.9 Å². The fraction of sp³-hybridized carbons (Fsp3) is 0.167. The molecule has 1 aliphatic heterocycles. The van der Waals surface area contributed by atoms with Gasteiger partial charge in [0, 0.05) is 22.0 Å². The van der Waals surface area contributed by atoms with Gasteiger partial charge < -0.3 is 20.4 Å². The quantitative estimate of drug-likeness (QED) is 0.378. The average molecular weight is 511 g/mol. The first-order valence-corrected chi connectivity index (χ1v) is 11.9. The second-order valence-corrected chi connectivity index (χ2v) is 9.67. The van der Waals surface area contributed by atoms with Gasteiger partial charge in [-0.05, 0) is 47.9 Å². The van der Waals surface area contributed by atoms with Gasteiger partial charge in [-0.3, -0.25) is 19.4 Å². The molecule has 0 bridgehead atoms. The molecule has 0 spiro atoms. The van der Waals surface area contributed by atoms with Crippen LogP contribution < -0.4 is 16.8 Å². The second kappa shape index (κ2) is 9.05. The number of carbonyl (C=O) groups is 3. The molecule has 0 aliphatic carbocycles. The summed E-state index contributed by atoms with van der Waals surface area (Å²) >= 11 is 7.14. The number of aromatic nitrogens is 1. The third-order valence-electron chi connectivity index (χ3n) is 5.79. The number of amides is 3. The van der Waals surface area contributed by atoms with Crippen LogP contribution in [0.2, 0.25) is 5.02 Å². The number of benzene rings is 2. The number of rotatable bonds is 5. The Hall–Kier alpha value is -3.89. The van der Waals surface area contributed by atoms with Crippen LogP contribution in [0.4, 0.5) is 5.00 Å². The van der Waals surface area contributed by atoms with Gasteiger partial charge in [0.25, 0.3) is 11.8 Å². The molecule has 2 aromatic heterocycles. The van der Waals surface area contributed by atoms with Crippen molar-refractivity contribution in [1.82, 2.24) is 9.88 Å². The zero-order chi connectivity index (χ0) is 24.7. The minimum Gasteiger partial charge on any atom is -0.408 e. The Balaban J connectivity index is 1.36. The van der Waals surface area contributed by atoms with Gasteiger partial charge in [0.2, 0.25) is 5.91 Å². The van der Waals surface area contributed by atoms with E-state index >= 15 is 0 Å². The molecule has 5 rings (SSSR count). The number of carbonyl (C=O) groups excluding carboxylic acids is 3. The van der Waals surface area contributed by atoms with Crippen LogP contribution in [-0.2, 0) is 24.2 Å². The van der Waals surface area contributed by atoms with Crippen LogP contribution in [0.3, 0.4) is 0 Å². The first-order chi connectivity index (χ1) is 16.8. The Morgan fingerprint density at radius 2 is 1.94 bits per heavy atom. The third-order valence-corrected chi connectivity index (χ3v) is 7.17. The number of halogens is 1. The number of oxazole rings is 1. The van der Waals surface area contributed by atoms with Gasteiger partial charge in [0.05, 0.1) is 24.0 Å². The van der Waals surface area contributed by atoms with Gasteiger partial charge in [-0.15, -0.1) is 11.3 Å². The number of nitrogens with zero attached hydrogens (tertiary/aromatic N) is 1. The minimum absolute atomic E-state index is 0.111. The number of thiophene rings is 1. The number of hydrogen-bond acceptors (Lipinski definition) is 6. The lowest BCUT2D eigenvalue weighted by Gasteiger charge is -2.27. The molecule has 35 heavy (non-hydrogen) atoms. The van der Waals surface area contributed by atoms with Gasteiger partial charge in [-0.2, -0.15) is 0 Å². The molecule has 11 heteroatoms. The SMILES string of the molecule is NC(=O)c1c(NC(=O)Cc2ccc(Cl)cc2)sc2c1CCN(C(=O)c1ccc3[nH]c(=O)oc3c1)C2. The number of hydrogen-bond donors (Lipinski definition) is 3. The first-order valence-electron chi connectivity index (χ1n) is 10.7. The number of primary amides is 1. The normalized spacial score (nSPS) is 13.0. The molecular formula is C24H19ClN4O5S. The van der Waals surface area contributed by atoms with E-state index < -0.39 is 11.7 Å². The highest BCUT2D eigenvalue weighted by molar-refractivity contribution is 7.17. The van der Waals surface area contributed by atoms with Crippen LogP contribution in [0.15, 0.2) is 51.7 Å². The molecule has 0 unspecified atom stereocenters. The van der Waals surface area contributed by atoms with Gasteiger partial charge in [-0.1, -0.05) is 23.7 Å². The highest BCUT2D eigenvalue weighted by Crippen LogP contribution is 2.37. The summed E-state index contributed by atoms with van der Waals surface area (Å²) in [5, 5.41) is 3.76. The summed E-state index contributed by atoms with van der Waals surface area (Å²) in [5.74, 6) is -1.74. The predicted molar refractivity (Wildman–Crippen MR) is 132 cm³/mol. The van der Waals surface area contributed by atoms with Crippen LogP contribution in [0.1, 0.15) is 36.7 Å². The van der Waals surface area contributed by atoms with Crippen LogP contribution in [0.25, 0.3) is 11.1 Å². The molecule has 178 valence electrons. The summed E-state index contributed by atoms with van der Waals surface area (Å²) in [6.07, 6.45) is 0.532. The van der Waals surface area contributed by atoms with E-state index in [9.17, 15) is 19.2 Å². The van der Waals surface area contributed by atoms with Crippen LogP contribution in [-0.4, -0.2) is 34.2 Å². The third kappa shape index (κ3) is 4.58. The number of aromatic amines is 1. The van der Waals surface area contributed by atoms with E-state index in [1.165, 1.54) is 17.4 Å². The molecule has 2 aromatic carbocycles. The van der Waals surface area contributed by atoms with E-state index in [0.717, 1.165) is 16.0 Å². The van der Waals surface area contributed by atoms with E-state index in [-0.39, 0.29) is 30.3 Å². The smallest absolute Gasteiger partial charge is 0.408 e. The van der Waals surface area contributed by atoms with Crippen molar-refractivity contribution in [2.45, 2.75) is 19.4 Å². The number of H-pyrrole nitrogens is 1. The van der Waals surface area contributed by atoms with Crippen LogP contribution >= 0.6 is 22.9 Å². The number of nitrogens with two attached hydrogens (primary N) is 1. The Kier molecular flexibility index (Phi) is 5.91. The van der Waals surface area contributed by atoms with Gasteiger partial charge >= 0.3 is 5.76 Å². The lowest BCUT2D eigenvalue weighted by atomic mass is 10.0. The minimum atomic E-state index is -0.628. The van der Waals surface area contributed by atoms with Crippen LogP contribution in [0.5, 0.6) is 0 Å². The molecule has 4 aromatic rings. The van der Waals surface area contributed by atoms with Crippen molar-refractivity contribution in [1.29, 1.82) is 0 Å². The number of fused-ring (bicyclic) bond motifs is 2. The van der Waals surface area contributed by atoms with Crippen molar-refractivity contribution >= 4 is 56.8 Å². The lowest BCUT2D eigenvalue weighted by molar-refractivity contribution is -0.115. The summed E-state index contributed by atoms with van der Waals surface area (Å²) < 4.78 is 5.06. The van der Waals surface area contributed by atoms with Crippen molar-refractivity contribution in [3.05, 3.63) is 85.2 Å². The Morgan fingerprint density at radius 1 is 1.17 bits per heavy atom. The maximum absolute atomic E-state index is 13.1. The average Bonchev–Trinajstić information content (AvgIpc) is 3.37.